The number of benzene rings is 1. The summed E-state index contributed by atoms with van der Waals surface area (Å²) in [5.74, 6) is 1.64. The van der Waals surface area contributed by atoms with Crippen LogP contribution in [0.15, 0.2) is 28.8 Å². The molecule has 6 heteroatoms. The zero-order valence-corrected chi connectivity index (χ0v) is 14.9. The highest BCUT2D eigenvalue weighted by Gasteiger charge is 2.29. The minimum atomic E-state index is -0.275. The SMILES string of the molecule is CC(O)C1CCCN(C(C)c2nc(Cc3ccc(Cl)cc3)no2)C1. The largest absolute Gasteiger partial charge is 0.393 e. The molecule has 0 amide bonds. The van der Waals surface area contributed by atoms with Gasteiger partial charge in [0.05, 0.1) is 12.1 Å². The molecule has 130 valence electrons. The van der Waals surface area contributed by atoms with Crippen LogP contribution in [-0.4, -0.2) is 39.3 Å². The third-order valence-electron chi connectivity index (χ3n) is 4.84. The van der Waals surface area contributed by atoms with Crippen molar-refractivity contribution in [2.24, 2.45) is 5.92 Å². The minimum Gasteiger partial charge on any atom is -0.393 e. The summed E-state index contributed by atoms with van der Waals surface area (Å²) >= 11 is 5.91. The standard InChI is InChI=1S/C18H24ClN3O2/c1-12(22-9-3-4-15(11-22)13(2)23)18-20-17(21-24-18)10-14-5-7-16(19)8-6-14/h5-8,12-13,15,23H,3-4,9-11H2,1-2H3. The van der Waals surface area contributed by atoms with E-state index in [0.717, 1.165) is 36.5 Å². The normalized spacial score (nSPS) is 21.6. The van der Waals surface area contributed by atoms with Crippen LogP contribution in [0.3, 0.4) is 0 Å². The van der Waals surface area contributed by atoms with Gasteiger partial charge in [0.1, 0.15) is 0 Å². The second kappa shape index (κ2) is 7.64. The number of piperidine rings is 1. The van der Waals surface area contributed by atoms with Crippen molar-refractivity contribution < 1.29 is 9.63 Å². The molecule has 5 nitrogen and oxygen atoms in total. The van der Waals surface area contributed by atoms with Crippen LogP contribution in [0.2, 0.25) is 5.02 Å². The second-order valence-electron chi connectivity index (χ2n) is 6.67. The first-order chi connectivity index (χ1) is 11.5. The molecule has 2 heterocycles. The van der Waals surface area contributed by atoms with Gasteiger partial charge in [0.25, 0.3) is 0 Å². The first kappa shape index (κ1) is 17.4. The highest BCUT2D eigenvalue weighted by Crippen LogP contribution is 2.27. The van der Waals surface area contributed by atoms with Crippen molar-refractivity contribution in [3.05, 3.63) is 46.6 Å². The van der Waals surface area contributed by atoms with Gasteiger partial charge >= 0.3 is 0 Å². The molecule has 1 aliphatic heterocycles. The van der Waals surface area contributed by atoms with Crippen molar-refractivity contribution in [1.82, 2.24) is 15.0 Å². The first-order valence-electron chi connectivity index (χ1n) is 8.52. The maximum atomic E-state index is 9.85. The molecule has 24 heavy (non-hydrogen) atoms. The quantitative estimate of drug-likeness (QED) is 0.895. The van der Waals surface area contributed by atoms with Crippen LogP contribution in [0.4, 0.5) is 0 Å². The molecule has 1 aromatic carbocycles. The van der Waals surface area contributed by atoms with E-state index in [1.807, 2.05) is 31.2 Å². The number of halogens is 1. The van der Waals surface area contributed by atoms with Gasteiger partial charge in [-0.25, -0.2) is 0 Å². The molecule has 0 bridgehead atoms. The van der Waals surface area contributed by atoms with Crippen molar-refractivity contribution in [3.63, 3.8) is 0 Å². The molecule has 3 unspecified atom stereocenters. The number of nitrogens with zero attached hydrogens (tertiary/aromatic N) is 3. The van der Waals surface area contributed by atoms with Crippen molar-refractivity contribution in [2.45, 2.75) is 45.3 Å². The zero-order valence-electron chi connectivity index (χ0n) is 14.2. The van der Waals surface area contributed by atoms with Gasteiger partial charge in [0.2, 0.25) is 5.89 Å². The number of hydrogen-bond donors (Lipinski definition) is 1. The Labute approximate surface area is 147 Å². The van der Waals surface area contributed by atoms with Crippen molar-refractivity contribution >= 4 is 11.6 Å². The number of aromatic nitrogens is 2. The predicted molar refractivity (Wildman–Crippen MR) is 92.9 cm³/mol. The average molecular weight is 350 g/mol. The monoisotopic (exact) mass is 349 g/mol. The van der Waals surface area contributed by atoms with E-state index < -0.39 is 0 Å². The van der Waals surface area contributed by atoms with E-state index in [-0.39, 0.29) is 12.1 Å². The van der Waals surface area contributed by atoms with E-state index in [0.29, 0.717) is 24.1 Å². The molecule has 0 radical (unpaired) electrons. The Morgan fingerprint density at radius 1 is 1.33 bits per heavy atom. The lowest BCUT2D eigenvalue weighted by Gasteiger charge is -2.36. The maximum Gasteiger partial charge on any atom is 0.243 e. The molecular formula is C18H24ClN3O2. The summed E-state index contributed by atoms with van der Waals surface area (Å²) in [4.78, 5) is 6.88. The number of hydrogen-bond acceptors (Lipinski definition) is 5. The molecule has 2 aromatic rings. The van der Waals surface area contributed by atoms with Crippen molar-refractivity contribution in [3.8, 4) is 0 Å². The average Bonchev–Trinajstić information content (AvgIpc) is 3.05. The Morgan fingerprint density at radius 3 is 2.79 bits per heavy atom. The molecular weight excluding hydrogens is 326 g/mol. The van der Waals surface area contributed by atoms with Crippen LogP contribution in [-0.2, 0) is 6.42 Å². The molecule has 1 aromatic heterocycles. The Balaban J connectivity index is 1.65. The van der Waals surface area contributed by atoms with E-state index in [1.165, 1.54) is 0 Å². The summed E-state index contributed by atoms with van der Waals surface area (Å²) in [6.45, 7) is 5.83. The molecule has 3 atom stereocenters. The summed E-state index contributed by atoms with van der Waals surface area (Å²) in [6.07, 6.45) is 2.52. The molecule has 0 spiro atoms. The lowest BCUT2D eigenvalue weighted by molar-refractivity contribution is 0.0403. The third-order valence-corrected chi connectivity index (χ3v) is 5.09. The van der Waals surface area contributed by atoms with Gasteiger partial charge < -0.3 is 9.63 Å². The van der Waals surface area contributed by atoms with E-state index in [4.69, 9.17) is 16.1 Å². The van der Waals surface area contributed by atoms with Gasteiger partial charge in [-0.2, -0.15) is 4.98 Å². The smallest absolute Gasteiger partial charge is 0.243 e. The number of likely N-dealkylation sites (tertiary alicyclic amines) is 1. The van der Waals surface area contributed by atoms with Gasteiger partial charge in [-0.1, -0.05) is 28.9 Å². The van der Waals surface area contributed by atoms with Crippen LogP contribution in [0.1, 0.15) is 50.0 Å². The van der Waals surface area contributed by atoms with Gasteiger partial charge in [0.15, 0.2) is 5.82 Å². The molecule has 1 fully saturated rings. The van der Waals surface area contributed by atoms with Gasteiger partial charge in [-0.15, -0.1) is 0 Å². The van der Waals surface area contributed by atoms with E-state index >= 15 is 0 Å². The number of aliphatic hydroxyl groups is 1. The predicted octanol–water partition coefficient (Wildman–Crippen LogP) is 3.47. The fourth-order valence-electron chi connectivity index (χ4n) is 3.24. The molecule has 1 saturated heterocycles. The lowest BCUT2D eigenvalue weighted by atomic mass is 9.92. The van der Waals surface area contributed by atoms with Crippen LogP contribution >= 0.6 is 11.6 Å². The Bertz CT molecular complexity index is 657. The molecule has 1 N–H and O–H groups in total. The Morgan fingerprint density at radius 2 is 2.08 bits per heavy atom. The van der Waals surface area contributed by atoms with Gasteiger partial charge in [-0.05, 0) is 56.8 Å². The van der Waals surface area contributed by atoms with E-state index in [2.05, 4.69) is 22.0 Å². The Hall–Kier alpha value is -1.43. The van der Waals surface area contributed by atoms with Gasteiger partial charge in [0, 0.05) is 18.0 Å². The van der Waals surface area contributed by atoms with Crippen LogP contribution in [0.5, 0.6) is 0 Å². The second-order valence-corrected chi connectivity index (χ2v) is 7.10. The maximum absolute atomic E-state index is 9.85. The van der Waals surface area contributed by atoms with Gasteiger partial charge in [-0.3, -0.25) is 4.90 Å². The topological polar surface area (TPSA) is 62.4 Å². The van der Waals surface area contributed by atoms with E-state index in [9.17, 15) is 5.11 Å². The number of rotatable bonds is 5. The van der Waals surface area contributed by atoms with Crippen LogP contribution in [0.25, 0.3) is 0 Å². The first-order valence-corrected chi connectivity index (χ1v) is 8.89. The Kier molecular flexibility index (Phi) is 5.54. The minimum absolute atomic E-state index is 0.0676. The van der Waals surface area contributed by atoms with Crippen LogP contribution < -0.4 is 0 Å². The summed E-state index contributed by atoms with van der Waals surface area (Å²) in [5, 5.41) is 14.7. The molecule has 0 aliphatic carbocycles. The fourth-order valence-corrected chi connectivity index (χ4v) is 3.36. The zero-order chi connectivity index (χ0) is 17.1. The van der Waals surface area contributed by atoms with E-state index in [1.54, 1.807) is 0 Å². The van der Waals surface area contributed by atoms with Crippen LogP contribution in [0, 0.1) is 5.92 Å². The fraction of sp³-hybridized carbons (Fsp3) is 0.556. The summed E-state index contributed by atoms with van der Waals surface area (Å²) in [5.41, 5.74) is 1.10. The summed E-state index contributed by atoms with van der Waals surface area (Å²) < 4.78 is 5.48. The molecule has 1 aliphatic rings. The lowest BCUT2D eigenvalue weighted by Crippen LogP contribution is -2.40. The molecule has 0 saturated carbocycles. The summed E-state index contributed by atoms with van der Waals surface area (Å²) in [6, 6.07) is 7.74. The number of aliphatic hydroxyl groups excluding tert-OH is 1. The molecule has 3 rings (SSSR count). The van der Waals surface area contributed by atoms with Crippen molar-refractivity contribution in [1.29, 1.82) is 0 Å². The summed E-state index contributed by atoms with van der Waals surface area (Å²) in [7, 11) is 0. The highest BCUT2D eigenvalue weighted by molar-refractivity contribution is 6.30. The van der Waals surface area contributed by atoms with Crippen molar-refractivity contribution in [2.75, 3.05) is 13.1 Å². The third kappa shape index (κ3) is 4.15. The highest BCUT2D eigenvalue weighted by atomic mass is 35.5.